The molecule has 1 aromatic heterocycles. The number of aromatic nitrogens is 2. The first-order valence-corrected chi connectivity index (χ1v) is 9.65. The first-order valence-electron chi connectivity index (χ1n) is 9.65. The van der Waals surface area contributed by atoms with Gasteiger partial charge in [0.15, 0.2) is 0 Å². The van der Waals surface area contributed by atoms with E-state index in [2.05, 4.69) is 10.6 Å². The zero-order valence-corrected chi connectivity index (χ0v) is 16.8. The standard InChI is InChI=1S/C24H22N4O2/c1-17-13-15-19(16-14-17)25-24(30)26-22-18(2)27(20-9-5-3-6-10-20)28(23(22)29)21-11-7-4-8-12-21/h3-16H,1-2H3,(H2,25,26,30). The van der Waals surface area contributed by atoms with Gasteiger partial charge >= 0.3 is 6.03 Å². The molecule has 0 atom stereocenters. The molecule has 1 heterocycles. The van der Waals surface area contributed by atoms with Gasteiger partial charge in [-0.25, -0.2) is 14.2 Å². The van der Waals surface area contributed by atoms with Gasteiger partial charge in [-0.15, -0.1) is 0 Å². The summed E-state index contributed by atoms with van der Waals surface area (Å²) in [6.07, 6.45) is 0. The topological polar surface area (TPSA) is 68.1 Å². The molecule has 2 amide bonds. The summed E-state index contributed by atoms with van der Waals surface area (Å²) >= 11 is 0. The number of hydrogen-bond donors (Lipinski definition) is 2. The maximum Gasteiger partial charge on any atom is 0.323 e. The lowest BCUT2D eigenvalue weighted by molar-refractivity contribution is 0.262. The number of nitrogens with one attached hydrogen (secondary N) is 2. The largest absolute Gasteiger partial charge is 0.323 e. The van der Waals surface area contributed by atoms with Crippen LogP contribution in [-0.2, 0) is 0 Å². The Morgan fingerprint density at radius 2 is 1.23 bits per heavy atom. The van der Waals surface area contributed by atoms with Crippen LogP contribution in [0.3, 0.4) is 0 Å². The molecule has 0 saturated heterocycles. The van der Waals surface area contributed by atoms with Crippen molar-refractivity contribution in [3.05, 3.63) is 107 Å². The average Bonchev–Trinajstić information content (AvgIpc) is 3.01. The van der Waals surface area contributed by atoms with Crippen molar-refractivity contribution in [3.63, 3.8) is 0 Å². The highest BCUT2D eigenvalue weighted by atomic mass is 16.2. The fourth-order valence-electron chi connectivity index (χ4n) is 3.34. The molecule has 0 saturated carbocycles. The number of carbonyl (C=O) groups is 1. The molecule has 2 N–H and O–H groups in total. The van der Waals surface area contributed by atoms with Crippen molar-refractivity contribution in [3.8, 4) is 11.4 Å². The second kappa shape index (κ2) is 8.13. The number of rotatable bonds is 4. The van der Waals surface area contributed by atoms with Crippen LogP contribution in [0.15, 0.2) is 89.7 Å². The summed E-state index contributed by atoms with van der Waals surface area (Å²) in [6.45, 7) is 3.79. The van der Waals surface area contributed by atoms with E-state index in [-0.39, 0.29) is 11.2 Å². The van der Waals surface area contributed by atoms with Gasteiger partial charge in [-0.3, -0.25) is 4.79 Å². The van der Waals surface area contributed by atoms with Gasteiger partial charge in [-0.2, -0.15) is 0 Å². The molecule has 4 rings (SSSR count). The van der Waals surface area contributed by atoms with Crippen LogP contribution in [0.1, 0.15) is 11.3 Å². The predicted molar refractivity (Wildman–Crippen MR) is 120 cm³/mol. The molecule has 0 bridgehead atoms. The number of urea groups is 1. The van der Waals surface area contributed by atoms with Crippen molar-refractivity contribution in [2.75, 3.05) is 10.6 Å². The fourth-order valence-corrected chi connectivity index (χ4v) is 3.34. The van der Waals surface area contributed by atoms with Gasteiger partial charge in [0.1, 0.15) is 5.69 Å². The number of hydrogen-bond acceptors (Lipinski definition) is 2. The number of para-hydroxylation sites is 2. The summed E-state index contributed by atoms with van der Waals surface area (Å²) < 4.78 is 3.37. The summed E-state index contributed by atoms with van der Waals surface area (Å²) in [5.74, 6) is 0. The number of aryl methyl sites for hydroxylation is 1. The molecular formula is C24H22N4O2. The van der Waals surface area contributed by atoms with Crippen LogP contribution in [-0.4, -0.2) is 15.4 Å². The fraction of sp³-hybridized carbons (Fsp3) is 0.0833. The van der Waals surface area contributed by atoms with Crippen LogP contribution < -0.4 is 16.2 Å². The zero-order valence-electron chi connectivity index (χ0n) is 16.8. The van der Waals surface area contributed by atoms with Crippen molar-refractivity contribution in [1.29, 1.82) is 0 Å². The van der Waals surface area contributed by atoms with Crippen molar-refractivity contribution in [2.45, 2.75) is 13.8 Å². The maximum atomic E-state index is 13.3. The minimum Gasteiger partial charge on any atom is -0.308 e. The monoisotopic (exact) mass is 398 g/mol. The number of nitrogens with zero attached hydrogens (tertiary/aromatic N) is 2. The Bertz CT molecular complexity index is 1220. The third kappa shape index (κ3) is 3.75. The van der Waals surface area contributed by atoms with Gasteiger partial charge in [-0.05, 0) is 50.2 Å². The van der Waals surface area contributed by atoms with Gasteiger partial charge in [0.25, 0.3) is 5.56 Å². The first-order chi connectivity index (χ1) is 14.5. The Labute approximate surface area is 174 Å². The normalized spacial score (nSPS) is 10.6. The Balaban J connectivity index is 1.75. The molecule has 6 nitrogen and oxygen atoms in total. The SMILES string of the molecule is Cc1ccc(NC(=O)Nc2c(C)n(-c3ccccc3)n(-c3ccccc3)c2=O)cc1. The second-order valence-corrected chi connectivity index (χ2v) is 7.01. The van der Waals surface area contributed by atoms with E-state index in [1.54, 1.807) is 9.36 Å². The third-order valence-electron chi connectivity index (χ3n) is 4.84. The lowest BCUT2D eigenvalue weighted by atomic mass is 10.2. The second-order valence-electron chi connectivity index (χ2n) is 7.01. The summed E-state index contributed by atoms with van der Waals surface area (Å²) in [4.78, 5) is 25.9. The quantitative estimate of drug-likeness (QED) is 0.514. The van der Waals surface area contributed by atoms with Gasteiger partial charge in [0.2, 0.25) is 0 Å². The highest BCUT2D eigenvalue weighted by Crippen LogP contribution is 2.20. The molecule has 0 aliphatic heterocycles. The minimum absolute atomic E-state index is 0.229. The van der Waals surface area contributed by atoms with E-state index >= 15 is 0 Å². The van der Waals surface area contributed by atoms with E-state index in [1.165, 1.54) is 0 Å². The molecule has 30 heavy (non-hydrogen) atoms. The lowest BCUT2D eigenvalue weighted by Crippen LogP contribution is -2.25. The smallest absolute Gasteiger partial charge is 0.308 e. The number of amides is 2. The van der Waals surface area contributed by atoms with Crippen molar-refractivity contribution in [2.24, 2.45) is 0 Å². The average molecular weight is 398 g/mol. The summed E-state index contributed by atoms with van der Waals surface area (Å²) in [7, 11) is 0. The third-order valence-corrected chi connectivity index (χ3v) is 4.84. The van der Waals surface area contributed by atoms with Crippen molar-refractivity contribution < 1.29 is 4.79 Å². The molecule has 0 fully saturated rings. The van der Waals surface area contributed by atoms with Crippen LogP contribution in [0.5, 0.6) is 0 Å². The molecule has 0 radical (unpaired) electrons. The number of anilines is 2. The van der Waals surface area contributed by atoms with Gasteiger partial charge < -0.3 is 10.6 Å². The van der Waals surface area contributed by atoms with Gasteiger partial charge in [0, 0.05) is 5.69 Å². The van der Waals surface area contributed by atoms with E-state index in [0.717, 1.165) is 11.3 Å². The molecule has 0 unspecified atom stereocenters. The Kier molecular flexibility index (Phi) is 5.22. The van der Waals surface area contributed by atoms with Gasteiger partial charge in [0.05, 0.1) is 17.1 Å². The highest BCUT2D eigenvalue weighted by molar-refractivity contribution is 6.00. The first kappa shape index (κ1) is 19.3. The summed E-state index contributed by atoms with van der Waals surface area (Å²) in [6, 6.07) is 25.9. The number of carbonyl (C=O) groups excluding carboxylic acids is 1. The predicted octanol–water partition coefficient (Wildman–Crippen LogP) is 4.89. The maximum absolute atomic E-state index is 13.3. The molecule has 150 valence electrons. The van der Waals surface area contributed by atoms with Crippen LogP contribution in [0, 0.1) is 13.8 Å². The van der Waals surface area contributed by atoms with Gasteiger partial charge in [-0.1, -0.05) is 54.1 Å². The van der Waals surface area contributed by atoms with E-state index in [9.17, 15) is 9.59 Å². The van der Waals surface area contributed by atoms with Crippen molar-refractivity contribution in [1.82, 2.24) is 9.36 Å². The highest BCUT2D eigenvalue weighted by Gasteiger charge is 2.21. The van der Waals surface area contributed by atoms with Crippen molar-refractivity contribution >= 4 is 17.4 Å². The summed E-state index contributed by atoms with van der Waals surface area (Å²) in [5.41, 5.74) is 3.84. The Morgan fingerprint density at radius 1 is 0.700 bits per heavy atom. The number of benzene rings is 3. The molecule has 0 aliphatic carbocycles. The molecule has 4 aromatic rings. The molecule has 6 heteroatoms. The van der Waals surface area contributed by atoms with Crippen LogP contribution in [0.25, 0.3) is 11.4 Å². The summed E-state index contributed by atoms with van der Waals surface area (Å²) in [5, 5.41) is 5.51. The molecule has 0 spiro atoms. The van der Waals surface area contributed by atoms with E-state index < -0.39 is 6.03 Å². The van der Waals surface area contributed by atoms with E-state index in [0.29, 0.717) is 17.1 Å². The molecule has 0 aliphatic rings. The van der Waals surface area contributed by atoms with Crippen LogP contribution in [0.2, 0.25) is 0 Å². The van der Waals surface area contributed by atoms with Crippen LogP contribution >= 0.6 is 0 Å². The minimum atomic E-state index is -0.468. The molecular weight excluding hydrogens is 376 g/mol. The molecule has 3 aromatic carbocycles. The van der Waals surface area contributed by atoms with Crippen LogP contribution in [0.4, 0.5) is 16.2 Å². The lowest BCUT2D eigenvalue weighted by Gasteiger charge is -2.13. The Morgan fingerprint density at radius 3 is 1.80 bits per heavy atom. The van der Waals surface area contributed by atoms with E-state index in [4.69, 9.17) is 0 Å². The zero-order chi connectivity index (χ0) is 21.1. The Hall–Kier alpha value is -4.06. The van der Waals surface area contributed by atoms with E-state index in [1.807, 2.05) is 98.8 Å².